The zero-order valence-electron chi connectivity index (χ0n) is 14.4. The van der Waals surface area contributed by atoms with Crippen molar-refractivity contribution in [3.8, 4) is 0 Å². The third kappa shape index (κ3) is 4.67. The summed E-state index contributed by atoms with van der Waals surface area (Å²) in [5, 5.41) is 27.1. The molecule has 1 aromatic carbocycles. The summed E-state index contributed by atoms with van der Waals surface area (Å²) in [4.78, 5) is 30.1. The van der Waals surface area contributed by atoms with E-state index in [-0.39, 0.29) is 23.0 Å². The monoisotopic (exact) mass is 401 g/mol. The molecule has 0 aliphatic carbocycles. The SMILES string of the molecule is O=[N+]([O-])c1ccc(NNc2ncnc(NCCc3cccs3)c2[N+](=O)[O-])cc1. The second kappa shape index (κ2) is 8.73. The van der Waals surface area contributed by atoms with Crippen LogP contribution in [0, 0.1) is 20.2 Å². The quantitative estimate of drug-likeness (QED) is 0.362. The Labute approximate surface area is 162 Å². The molecular weight excluding hydrogens is 386 g/mol. The molecular formula is C16H15N7O4S. The Hall–Kier alpha value is -3.80. The van der Waals surface area contributed by atoms with E-state index in [2.05, 4.69) is 26.1 Å². The van der Waals surface area contributed by atoms with E-state index >= 15 is 0 Å². The number of non-ortho nitro benzene ring substituents is 1. The van der Waals surface area contributed by atoms with Crippen LogP contribution in [0.5, 0.6) is 0 Å². The largest absolute Gasteiger partial charge is 0.364 e. The number of benzene rings is 1. The van der Waals surface area contributed by atoms with Gasteiger partial charge in [0.25, 0.3) is 5.69 Å². The van der Waals surface area contributed by atoms with Crippen molar-refractivity contribution >= 4 is 40.0 Å². The second-order valence-corrected chi connectivity index (χ2v) is 6.52. The molecule has 0 saturated carbocycles. The molecule has 0 fully saturated rings. The van der Waals surface area contributed by atoms with Gasteiger partial charge in [0.15, 0.2) is 0 Å². The molecule has 0 amide bonds. The zero-order chi connectivity index (χ0) is 19.9. The fraction of sp³-hybridized carbons (Fsp3) is 0.125. The lowest BCUT2D eigenvalue weighted by molar-refractivity contribution is -0.384. The number of hydrazine groups is 1. The van der Waals surface area contributed by atoms with Crippen LogP contribution in [-0.2, 0) is 6.42 Å². The lowest BCUT2D eigenvalue weighted by atomic mass is 10.3. The first kappa shape index (κ1) is 19.0. The molecule has 0 unspecified atom stereocenters. The minimum atomic E-state index is -0.576. The van der Waals surface area contributed by atoms with E-state index in [1.807, 2.05) is 17.5 Å². The number of hydrogen-bond acceptors (Lipinski definition) is 10. The molecule has 11 nitrogen and oxygen atoms in total. The lowest BCUT2D eigenvalue weighted by Crippen LogP contribution is -2.15. The third-order valence-corrected chi connectivity index (χ3v) is 4.59. The van der Waals surface area contributed by atoms with Crippen LogP contribution < -0.4 is 16.2 Å². The Balaban J connectivity index is 1.69. The van der Waals surface area contributed by atoms with E-state index < -0.39 is 9.85 Å². The summed E-state index contributed by atoms with van der Waals surface area (Å²) in [5.41, 5.74) is 5.50. The van der Waals surface area contributed by atoms with Gasteiger partial charge < -0.3 is 5.32 Å². The van der Waals surface area contributed by atoms with Crippen molar-refractivity contribution in [3.63, 3.8) is 0 Å². The van der Waals surface area contributed by atoms with Gasteiger partial charge in [0.1, 0.15) is 6.33 Å². The van der Waals surface area contributed by atoms with Crippen LogP contribution in [0.15, 0.2) is 48.1 Å². The van der Waals surface area contributed by atoms with E-state index in [1.54, 1.807) is 11.3 Å². The number of anilines is 3. The molecule has 0 aliphatic heterocycles. The minimum absolute atomic E-state index is 0.0306. The van der Waals surface area contributed by atoms with Gasteiger partial charge >= 0.3 is 5.69 Å². The van der Waals surface area contributed by atoms with Crippen molar-refractivity contribution in [1.29, 1.82) is 0 Å². The van der Waals surface area contributed by atoms with Gasteiger partial charge in [-0.2, -0.15) is 0 Å². The van der Waals surface area contributed by atoms with Crippen molar-refractivity contribution in [3.05, 3.63) is 73.2 Å². The molecule has 2 aromatic heterocycles. The summed E-state index contributed by atoms with van der Waals surface area (Å²) < 4.78 is 0. The number of aromatic nitrogens is 2. The highest BCUT2D eigenvalue weighted by molar-refractivity contribution is 7.09. The maximum Gasteiger partial charge on any atom is 0.354 e. The predicted molar refractivity (Wildman–Crippen MR) is 106 cm³/mol. The van der Waals surface area contributed by atoms with Gasteiger partial charge in [-0.25, -0.2) is 9.97 Å². The maximum absolute atomic E-state index is 11.5. The maximum atomic E-state index is 11.5. The van der Waals surface area contributed by atoms with Crippen molar-refractivity contribution in [2.45, 2.75) is 6.42 Å². The number of nitro groups is 2. The molecule has 0 radical (unpaired) electrons. The van der Waals surface area contributed by atoms with Gasteiger partial charge in [-0.05, 0) is 30.0 Å². The molecule has 144 valence electrons. The first-order valence-corrected chi connectivity index (χ1v) is 8.94. The normalized spacial score (nSPS) is 10.3. The minimum Gasteiger partial charge on any atom is -0.364 e. The number of rotatable bonds is 9. The molecule has 12 heteroatoms. The van der Waals surface area contributed by atoms with Crippen LogP contribution >= 0.6 is 11.3 Å². The van der Waals surface area contributed by atoms with Crippen molar-refractivity contribution in [2.75, 3.05) is 22.7 Å². The first-order chi connectivity index (χ1) is 13.5. The van der Waals surface area contributed by atoms with E-state index in [0.29, 0.717) is 18.7 Å². The van der Waals surface area contributed by atoms with Crippen LogP contribution in [0.25, 0.3) is 0 Å². The van der Waals surface area contributed by atoms with Gasteiger partial charge in [-0.3, -0.25) is 31.1 Å². The molecule has 0 aliphatic rings. The molecule has 0 atom stereocenters. The Morgan fingerprint density at radius 3 is 2.36 bits per heavy atom. The van der Waals surface area contributed by atoms with E-state index in [0.717, 1.165) is 4.88 Å². The van der Waals surface area contributed by atoms with Gasteiger partial charge in [0.2, 0.25) is 11.6 Å². The summed E-state index contributed by atoms with van der Waals surface area (Å²) in [5.74, 6) is 0.0709. The molecule has 0 saturated heterocycles. The van der Waals surface area contributed by atoms with Crippen LogP contribution in [0.3, 0.4) is 0 Å². The molecule has 2 heterocycles. The van der Waals surface area contributed by atoms with Gasteiger partial charge in [0, 0.05) is 23.6 Å². The molecule has 28 heavy (non-hydrogen) atoms. The molecule has 3 N–H and O–H groups in total. The fourth-order valence-electron chi connectivity index (χ4n) is 2.33. The number of nitrogens with one attached hydrogen (secondary N) is 3. The highest BCUT2D eigenvalue weighted by Crippen LogP contribution is 2.29. The standard InChI is InChI=1S/C16H15N7O4S/c24-22(25)12-5-3-11(4-6-12)20-21-16-14(23(26)27)15(18-10-19-16)17-8-7-13-2-1-9-28-13/h1-6,9-10,20H,7-8H2,(H2,17,18,19,21). The average molecular weight is 401 g/mol. The van der Waals surface area contributed by atoms with Crippen LogP contribution in [-0.4, -0.2) is 26.4 Å². The van der Waals surface area contributed by atoms with Gasteiger partial charge in [0.05, 0.1) is 15.5 Å². The third-order valence-electron chi connectivity index (χ3n) is 3.65. The first-order valence-electron chi connectivity index (χ1n) is 8.06. The Kier molecular flexibility index (Phi) is 5.91. The van der Waals surface area contributed by atoms with Crippen LogP contribution in [0.1, 0.15) is 4.88 Å². The van der Waals surface area contributed by atoms with Crippen molar-refractivity contribution in [2.24, 2.45) is 0 Å². The molecule has 3 rings (SSSR count). The number of hydrogen-bond donors (Lipinski definition) is 3. The number of nitro benzene ring substituents is 1. The highest BCUT2D eigenvalue weighted by Gasteiger charge is 2.22. The topological polar surface area (TPSA) is 148 Å². The van der Waals surface area contributed by atoms with Gasteiger partial charge in [-0.1, -0.05) is 6.07 Å². The lowest BCUT2D eigenvalue weighted by Gasteiger charge is -2.11. The number of thiophene rings is 1. The summed E-state index contributed by atoms with van der Waals surface area (Å²) in [6.45, 7) is 0.480. The van der Waals surface area contributed by atoms with Crippen molar-refractivity contribution < 1.29 is 9.85 Å². The second-order valence-electron chi connectivity index (χ2n) is 5.49. The summed E-state index contributed by atoms with van der Waals surface area (Å²) in [7, 11) is 0. The average Bonchev–Trinajstić information content (AvgIpc) is 3.20. The van der Waals surface area contributed by atoms with E-state index in [4.69, 9.17) is 0 Å². The fourth-order valence-corrected chi connectivity index (χ4v) is 3.04. The Bertz CT molecular complexity index is 964. The Morgan fingerprint density at radius 1 is 0.964 bits per heavy atom. The molecule has 3 aromatic rings. The predicted octanol–water partition coefficient (Wildman–Crippen LogP) is 3.45. The number of nitrogens with zero attached hydrogens (tertiary/aromatic N) is 4. The van der Waals surface area contributed by atoms with Gasteiger partial charge in [-0.15, -0.1) is 11.3 Å². The highest BCUT2D eigenvalue weighted by atomic mass is 32.1. The molecule has 0 spiro atoms. The Morgan fingerprint density at radius 2 is 1.71 bits per heavy atom. The van der Waals surface area contributed by atoms with Crippen molar-refractivity contribution in [1.82, 2.24) is 9.97 Å². The summed E-state index contributed by atoms with van der Waals surface area (Å²) >= 11 is 1.61. The van der Waals surface area contributed by atoms with E-state index in [9.17, 15) is 20.2 Å². The van der Waals surface area contributed by atoms with Crippen LogP contribution in [0.2, 0.25) is 0 Å². The zero-order valence-corrected chi connectivity index (χ0v) is 15.2. The molecule has 0 bridgehead atoms. The summed E-state index contributed by atoms with van der Waals surface area (Å²) in [6, 6.07) is 9.50. The summed E-state index contributed by atoms with van der Waals surface area (Å²) in [6.07, 6.45) is 1.92. The van der Waals surface area contributed by atoms with Crippen LogP contribution in [0.4, 0.5) is 28.7 Å². The smallest absolute Gasteiger partial charge is 0.354 e. The van der Waals surface area contributed by atoms with E-state index in [1.165, 1.54) is 30.6 Å².